The van der Waals surface area contributed by atoms with Crippen molar-refractivity contribution in [2.24, 2.45) is 5.73 Å². The molecule has 2 aromatic heterocycles. The molecule has 196 valence electrons. The van der Waals surface area contributed by atoms with E-state index in [1.165, 1.54) is 17.5 Å². The summed E-state index contributed by atoms with van der Waals surface area (Å²) >= 11 is 0.882. The number of nitrogens with zero attached hydrogens (tertiary/aromatic N) is 1. The quantitative estimate of drug-likeness (QED) is 0.318. The van der Waals surface area contributed by atoms with Crippen LogP contribution >= 0.6 is 23.7 Å². The van der Waals surface area contributed by atoms with Gasteiger partial charge in [0.2, 0.25) is 0 Å². The molecule has 0 aliphatic carbocycles. The highest BCUT2D eigenvalue weighted by atomic mass is 35.5. The standard InChI is InChI=1S/C23H18F3N3O6S.ClH/c1-33-22(31)20-18-15(10-36-20)28-23(32)29(21(18)30)16-8-11(2-3-13(16)24)35-9-12-17(34-7-6-27)5-4-14(25)19(12)26;/h2-5,8,10H,6-7,9,27H2,1H3,(H,28,32);1H. The summed E-state index contributed by atoms with van der Waals surface area (Å²) < 4.78 is 58.9. The van der Waals surface area contributed by atoms with E-state index in [-0.39, 0.29) is 58.4 Å². The van der Waals surface area contributed by atoms with Gasteiger partial charge in [0.05, 0.1) is 29.3 Å². The predicted octanol–water partition coefficient (Wildman–Crippen LogP) is 3.28. The highest BCUT2D eigenvalue weighted by Gasteiger charge is 2.22. The van der Waals surface area contributed by atoms with E-state index < -0.39 is 47.0 Å². The summed E-state index contributed by atoms with van der Waals surface area (Å²) in [4.78, 5) is 40.2. The average Bonchev–Trinajstić information content (AvgIpc) is 3.29. The Morgan fingerprint density at radius 1 is 1.11 bits per heavy atom. The first-order chi connectivity index (χ1) is 17.3. The maximum atomic E-state index is 14.8. The third-order valence-electron chi connectivity index (χ3n) is 5.09. The van der Waals surface area contributed by atoms with E-state index in [0.29, 0.717) is 4.57 Å². The zero-order valence-electron chi connectivity index (χ0n) is 19.0. The van der Waals surface area contributed by atoms with E-state index in [1.54, 1.807) is 0 Å². The third-order valence-corrected chi connectivity index (χ3v) is 6.05. The molecule has 0 spiro atoms. The van der Waals surface area contributed by atoms with Crippen molar-refractivity contribution in [3.63, 3.8) is 0 Å². The minimum absolute atomic E-state index is 0. The Hall–Kier alpha value is -3.81. The van der Waals surface area contributed by atoms with Gasteiger partial charge in [-0.2, -0.15) is 0 Å². The normalized spacial score (nSPS) is 10.7. The predicted molar refractivity (Wildman–Crippen MR) is 132 cm³/mol. The number of halogens is 4. The van der Waals surface area contributed by atoms with Crippen LogP contribution in [0.25, 0.3) is 16.6 Å². The number of aromatic nitrogens is 2. The number of benzene rings is 2. The number of H-pyrrole nitrogens is 1. The molecule has 37 heavy (non-hydrogen) atoms. The van der Waals surface area contributed by atoms with Gasteiger partial charge in [0, 0.05) is 18.0 Å². The number of rotatable bonds is 8. The highest BCUT2D eigenvalue weighted by Crippen LogP contribution is 2.27. The molecule has 0 atom stereocenters. The maximum absolute atomic E-state index is 14.8. The van der Waals surface area contributed by atoms with Crippen LogP contribution in [0, 0.1) is 17.5 Å². The summed E-state index contributed by atoms with van der Waals surface area (Å²) in [5.41, 5.74) is 2.83. The zero-order chi connectivity index (χ0) is 26.0. The second kappa shape index (κ2) is 11.5. The number of carbonyl (C=O) groups excluding carboxylic acids is 1. The van der Waals surface area contributed by atoms with Crippen molar-refractivity contribution in [3.8, 4) is 17.2 Å². The van der Waals surface area contributed by atoms with Gasteiger partial charge in [0.1, 0.15) is 35.4 Å². The monoisotopic (exact) mass is 557 g/mol. The van der Waals surface area contributed by atoms with Gasteiger partial charge in [-0.1, -0.05) is 0 Å². The van der Waals surface area contributed by atoms with E-state index >= 15 is 0 Å². The largest absolute Gasteiger partial charge is 0.492 e. The van der Waals surface area contributed by atoms with Gasteiger partial charge in [-0.25, -0.2) is 27.3 Å². The Bertz CT molecular complexity index is 1590. The number of ether oxygens (including phenoxy) is 3. The molecule has 0 fully saturated rings. The molecule has 0 aliphatic heterocycles. The molecule has 3 N–H and O–H groups in total. The van der Waals surface area contributed by atoms with Crippen molar-refractivity contribution in [1.29, 1.82) is 0 Å². The SMILES string of the molecule is COC(=O)c1scc2[nH]c(=O)n(-c3cc(OCc4c(OCCN)ccc(F)c4F)ccc3F)c(=O)c12.Cl. The smallest absolute Gasteiger partial charge is 0.348 e. The number of esters is 1. The molecule has 0 amide bonds. The van der Waals surface area contributed by atoms with Crippen molar-refractivity contribution in [1.82, 2.24) is 9.55 Å². The number of thiophene rings is 1. The van der Waals surface area contributed by atoms with Crippen molar-refractivity contribution in [3.05, 3.63) is 84.4 Å². The van der Waals surface area contributed by atoms with Crippen LogP contribution in [0.15, 0.2) is 45.3 Å². The van der Waals surface area contributed by atoms with Crippen molar-refractivity contribution >= 4 is 40.6 Å². The molecule has 14 heteroatoms. The van der Waals surface area contributed by atoms with Gasteiger partial charge in [-0.15, -0.1) is 23.7 Å². The Morgan fingerprint density at radius 3 is 2.54 bits per heavy atom. The minimum atomic E-state index is -1.20. The maximum Gasteiger partial charge on any atom is 0.348 e. The van der Waals surface area contributed by atoms with Crippen LogP contribution in [0.5, 0.6) is 11.5 Å². The van der Waals surface area contributed by atoms with Gasteiger partial charge in [-0.05, 0) is 24.3 Å². The molecular formula is C23H19ClF3N3O6S. The molecule has 0 saturated heterocycles. The van der Waals surface area contributed by atoms with Gasteiger partial charge in [0.15, 0.2) is 11.6 Å². The zero-order valence-corrected chi connectivity index (χ0v) is 20.6. The van der Waals surface area contributed by atoms with Crippen LogP contribution in [-0.2, 0) is 11.3 Å². The summed E-state index contributed by atoms with van der Waals surface area (Å²) in [6, 6.07) is 5.26. The molecule has 0 unspecified atom stereocenters. The number of fused-ring (bicyclic) bond motifs is 1. The summed E-state index contributed by atoms with van der Waals surface area (Å²) in [5, 5.41) is 1.24. The van der Waals surface area contributed by atoms with E-state index in [4.69, 9.17) is 15.2 Å². The third kappa shape index (κ3) is 5.33. The average molecular weight is 558 g/mol. The number of hydrogen-bond donors (Lipinski definition) is 2. The van der Waals surface area contributed by atoms with Crippen LogP contribution in [0.4, 0.5) is 13.2 Å². The summed E-state index contributed by atoms with van der Waals surface area (Å²) in [6.45, 7) is -0.338. The van der Waals surface area contributed by atoms with Gasteiger partial charge in [0.25, 0.3) is 5.56 Å². The van der Waals surface area contributed by atoms with Crippen LogP contribution in [-0.4, -0.2) is 35.8 Å². The number of carbonyl (C=O) groups is 1. The van der Waals surface area contributed by atoms with Crippen molar-refractivity contribution in [2.45, 2.75) is 6.61 Å². The lowest BCUT2D eigenvalue weighted by molar-refractivity contribution is 0.0608. The summed E-state index contributed by atoms with van der Waals surface area (Å²) in [6.07, 6.45) is 0. The molecule has 0 saturated carbocycles. The molecule has 0 bridgehead atoms. The topological polar surface area (TPSA) is 126 Å². The van der Waals surface area contributed by atoms with Crippen LogP contribution in [0.1, 0.15) is 15.2 Å². The van der Waals surface area contributed by atoms with E-state index in [9.17, 15) is 27.6 Å². The number of methoxy groups -OCH3 is 1. The fourth-order valence-corrected chi connectivity index (χ4v) is 4.33. The van der Waals surface area contributed by atoms with Gasteiger partial charge >= 0.3 is 11.7 Å². The van der Waals surface area contributed by atoms with E-state index in [0.717, 1.165) is 36.6 Å². The Labute approximate surface area is 216 Å². The Morgan fingerprint density at radius 2 is 1.84 bits per heavy atom. The molecule has 9 nitrogen and oxygen atoms in total. The molecule has 0 aliphatic rings. The first-order valence-corrected chi connectivity index (χ1v) is 11.2. The lowest BCUT2D eigenvalue weighted by atomic mass is 10.2. The highest BCUT2D eigenvalue weighted by molar-refractivity contribution is 7.13. The molecule has 2 heterocycles. The second-order valence-corrected chi connectivity index (χ2v) is 8.17. The molecule has 4 aromatic rings. The molecule has 0 radical (unpaired) electrons. The minimum Gasteiger partial charge on any atom is -0.492 e. The molecule has 4 rings (SSSR count). The summed E-state index contributed by atoms with van der Waals surface area (Å²) in [7, 11) is 1.13. The van der Waals surface area contributed by atoms with Crippen molar-refractivity contribution in [2.75, 3.05) is 20.3 Å². The summed E-state index contributed by atoms with van der Waals surface area (Å²) in [5.74, 6) is -4.13. The Balaban J connectivity index is 0.00000380. The lowest BCUT2D eigenvalue weighted by Crippen LogP contribution is -2.34. The second-order valence-electron chi connectivity index (χ2n) is 7.29. The van der Waals surface area contributed by atoms with E-state index in [2.05, 4.69) is 9.72 Å². The first-order valence-electron chi connectivity index (χ1n) is 10.3. The van der Waals surface area contributed by atoms with Crippen LogP contribution in [0.3, 0.4) is 0 Å². The fourth-order valence-electron chi connectivity index (χ4n) is 3.42. The Kier molecular flexibility index (Phi) is 8.63. The molecular weight excluding hydrogens is 539 g/mol. The number of nitrogens with two attached hydrogens (primary N) is 1. The van der Waals surface area contributed by atoms with Gasteiger partial charge in [-0.3, -0.25) is 4.79 Å². The lowest BCUT2D eigenvalue weighted by Gasteiger charge is -2.14. The number of nitrogens with one attached hydrogen (secondary N) is 1. The van der Waals surface area contributed by atoms with Crippen LogP contribution in [0.2, 0.25) is 0 Å². The fraction of sp³-hybridized carbons (Fsp3) is 0.174. The molecule has 2 aromatic carbocycles. The van der Waals surface area contributed by atoms with Crippen LogP contribution < -0.4 is 26.5 Å². The van der Waals surface area contributed by atoms with Crippen molar-refractivity contribution < 1.29 is 32.2 Å². The number of hydrogen-bond acceptors (Lipinski definition) is 8. The number of aromatic amines is 1. The first kappa shape index (κ1) is 27.8. The van der Waals surface area contributed by atoms with Gasteiger partial charge < -0.3 is 24.9 Å². The van der Waals surface area contributed by atoms with E-state index in [1.807, 2.05) is 0 Å².